The lowest BCUT2D eigenvalue weighted by Gasteiger charge is -2.27. The van der Waals surface area contributed by atoms with E-state index < -0.39 is 29.4 Å². The molecule has 1 rings (SSSR count). The van der Waals surface area contributed by atoms with Crippen LogP contribution in [-0.2, 0) is 4.74 Å². The SMILES string of the molecule is Cc1c(O)[nH]c(O)c1C(=O)C(CC(C)(C)C)NC(=O)OC(C)(C)C. The lowest BCUT2D eigenvalue weighted by atomic mass is 9.85. The van der Waals surface area contributed by atoms with Gasteiger partial charge in [0.25, 0.3) is 0 Å². The second kappa shape index (κ2) is 6.75. The first-order chi connectivity index (χ1) is 10.7. The predicted octanol–water partition coefficient (Wildman–Crippen LogP) is 3.25. The molecule has 4 N–H and O–H groups in total. The van der Waals surface area contributed by atoms with Crippen LogP contribution >= 0.6 is 0 Å². The van der Waals surface area contributed by atoms with E-state index in [4.69, 9.17) is 4.74 Å². The van der Waals surface area contributed by atoms with Gasteiger partial charge >= 0.3 is 6.09 Å². The van der Waals surface area contributed by atoms with Gasteiger partial charge in [-0.1, -0.05) is 20.8 Å². The topological polar surface area (TPSA) is 112 Å². The van der Waals surface area contributed by atoms with Crippen LogP contribution in [0.15, 0.2) is 0 Å². The molecule has 0 aromatic carbocycles. The van der Waals surface area contributed by atoms with Crippen LogP contribution in [0.3, 0.4) is 0 Å². The van der Waals surface area contributed by atoms with Crippen LogP contribution in [0.1, 0.15) is 63.9 Å². The molecule has 0 bridgehead atoms. The van der Waals surface area contributed by atoms with E-state index in [-0.39, 0.29) is 22.4 Å². The molecule has 1 atom stereocenters. The predicted molar refractivity (Wildman–Crippen MR) is 90.4 cm³/mol. The summed E-state index contributed by atoms with van der Waals surface area (Å²) in [4.78, 5) is 27.2. The first-order valence-corrected chi connectivity index (χ1v) is 7.85. The number of aromatic amines is 1. The van der Waals surface area contributed by atoms with Gasteiger partial charge in [0.15, 0.2) is 11.7 Å². The number of carbonyl (C=O) groups excluding carboxylic acids is 2. The Morgan fingerprint density at radius 1 is 1.12 bits per heavy atom. The van der Waals surface area contributed by atoms with E-state index in [1.807, 2.05) is 20.8 Å². The summed E-state index contributed by atoms with van der Waals surface area (Å²) in [7, 11) is 0. The molecular weight excluding hydrogens is 312 g/mol. The summed E-state index contributed by atoms with van der Waals surface area (Å²) >= 11 is 0. The molecule has 0 aliphatic carbocycles. The first-order valence-electron chi connectivity index (χ1n) is 7.85. The third-order valence-electron chi connectivity index (χ3n) is 3.27. The van der Waals surface area contributed by atoms with E-state index in [1.54, 1.807) is 20.8 Å². The highest BCUT2D eigenvalue weighted by molar-refractivity contribution is 6.05. The summed E-state index contributed by atoms with van der Waals surface area (Å²) in [5.74, 6) is -1.18. The summed E-state index contributed by atoms with van der Waals surface area (Å²) in [6, 6.07) is -0.889. The maximum Gasteiger partial charge on any atom is 0.408 e. The van der Waals surface area contributed by atoms with Crippen LogP contribution in [0, 0.1) is 12.3 Å². The fourth-order valence-electron chi connectivity index (χ4n) is 2.31. The van der Waals surface area contributed by atoms with Crippen LogP contribution < -0.4 is 5.32 Å². The van der Waals surface area contributed by atoms with Gasteiger partial charge in [-0.25, -0.2) is 4.79 Å². The van der Waals surface area contributed by atoms with Crippen molar-refractivity contribution in [1.29, 1.82) is 0 Å². The number of ether oxygens (including phenoxy) is 1. The smallest absolute Gasteiger partial charge is 0.408 e. The molecular formula is C17H28N2O5. The number of ketones is 1. The number of carbonyl (C=O) groups is 2. The van der Waals surface area contributed by atoms with Crippen LogP contribution in [-0.4, -0.2) is 38.7 Å². The molecule has 0 aliphatic heterocycles. The van der Waals surface area contributed by atoms with Gasteiger partial charge < -0.3 is 20.3 Å². The second-order valence-electron chi connectivity index (χ2n) is 8.15. The van der Waals surface area contributed by atoms with E-state index in [0.29, 0.717) is 6.42 Å². The molecule has 0 spiro atoms. The maximum atomic E-state index is 12.8. The normalized spacial score (nSPS) is 13.5. The number of amides is 1. The third-order valence-corrected chi connectivity index (χ3v) is 3.27. The Labute approximate surface area is 142 Å². The Morgan fingerprint density at radius 2 is 1.67 bits per heavy atom. The van der Waals surface area contributed by atoms with Gasteiger partial charge in [-0.2, -0.15) is 0 Å². The molecule has 1 aromatic heterocycles. The molecule has 0 saturated carbocycles. The summed E-state index contributed by atoms with van der Waals surface area (Å²) in [6.07, 6.45) is -0.363. The minimum absolute atomic E-state index is 0.0298. The quantitative estimate of drug-likeness (QED) is 0.629. The zero-order valence-electron chi connectivity index (χ0n) is 15.4. The minimum atomic E-state index is -0.889. The van der Waals surface area contributed by atoms with Crippen LogP contribution in [0.5, 0.6) is 11.8 Å². The lowest BCUT2D eigenvalue weighted by molar-refractivity contribution is 0.0477. The molecule has 1 heterocycles. The monoisotopic (exact) mass is 340 g/mol. The van der Waals surface area contributed by atoms with Gasteiger partial charge in [0.05, 0.1) is 11.6 Å². The Morgan fingerprint density at radius 3 is 2.04 bits per heavy atom. The molecule has 1 amide bonds. The highest BCUT2D eigenvalue weighted by atomic mass is 16.6. The molecule has 7 heteroatoms. The van der Waals surface area contributed by atoms with Gasteiger partial charge in [-0.3, -0.25) is 9.78 Å². The highest BCUT2D eigenvalue weighted by Gasteiger charge is 2.32. The molecule has 24 heavy (non-hydrogen) atoms. The number of hydrogen-bond acceptors (Lipinski definition) is 5. The van der Waals surface area contributed by atoms with E-state index in [0.717, 1.165) is 0 Å². The highest BCUT2D eigenvalue weighted by Crippen LogP contribution is 2.31. The van der Waals surface area contributed by atoms with Gasteiger partial charge in [0.1, 0.15) is 5.60 Å². The number of alkyl carbamates (subject to hydrolysis) is 1. The largest absolute Gasteiger partial charge is 0.494 e. The van der Waals surface area contributed by atoms with Crippen molar-refractivity contribution >= 4 is 11.9 Å². The van der Waals surface area contributed by atoms with Gasteiger partial charge in [-0.15, -0.1) is 0 Å². The van der Waals surface area contributed by atoms with Crippen molar-refractivity contribution in [2.75, 3.05) is 0 Å². The van der Waals surface area contributed by atoms with Crippen LogP contribution in [0.25, 0.3) is 0 Å². The van der Waals surface area contributed by atoms with Crippen molar-refractivity contribution in [3.8, 4) is 11.8 Å². The maximum absolute atomic E-state index is 12.8. The van der Waals surface area contributed by atoms with Crippen molar-refractivity contribution in [3.63, 3.8) is 0 Å². The fraction of sp³-hybridized carbons (Fsp3) is 0.647. The summed E-state index contributed by atoms with van der Waals surface area (Å²) < 4.78 is 5.21. The van der Waals surface area contributed by atoms with Crippen molar-refractivity contribution in [2.45, 2.75) is 66.5 Å². The van der Waals surface area contributed by atoms with Crippen LogP contribution in [0.2, 0.25) is 0 Å². The molecule has 7 nitrogen and oxygen atoms in total. The third kappa shape index (κ3) is 5.47. The average molecular weight is 340 g/mol. The zero-order chi connectivity index (χ0) is 18.9. The molecule has 0 aliphatic rings. The number of H-pyrrole nitrogens is 1. The standard InChI is InChI=1S/C17H28N2O5/c1-9-11(14(22)19-13(9)21)12(20)10(8-16(2,3)4)18-15(23)24-17(5,6)7/h10,19,21-22H,8H2,1-7H3,(H,18,23). The number of rotatable bonds is 4. The Kier molecular flexibility index (Phi) is 5.58. The van der Waals surface area contributed by atoms with E-state index >= 15 is 0 Å². The molecule has 1 aromatic rings. The molecule has 0 radical (unpaired) electrons. The van der Waals surface area contributed by atoms with Crippen molar-refractivity contribution < 1.29 is 24.5 Å². The number of aromatic nitrogens is 1. The number of aromatic hydroxyl groups is 2. The number of nitrogens with one attached hydrogen (secondary N) is 2. The summed E-state index contributed by atoms with van der Waals surface area (Å²) in [5, 5.41) is 22.1. The van der Waals surface area contributed by atoms with E-state index in [1.165, 1.54) is 6.92 Å². The fourth-order valence-corrected chi connectivity index (χ4v) is 2.31. The Bertz CT molecular complexity index is 620. The van der Waals surface area contributed by atoms with Crippen molar-refractivity contribution in [3.05, 3.63) is 11.1 Å². The van der Waals surface area contributed by atoms with Gasteiger partial charge in [0.2, 0.25) is 5.88 Å². The average Bonchev–Trinajstić information content (AvgIpc) is 2.57. The molecule has 1 unspecified atom stereocenters. The second-order valence-corrected chi connectivity index (χ2v) is 8.15. The van der Waals surface area contributed by atoms with Crippen LogP contribution in [0.4, 0.5) is 4.79 Å². The lowest BCUT2D eigenvalue weighted by Crippen LogP contribution is -2.45. The van der Waals surface area contributed by atoms with Gasteiger partial charge in [0, 0.05) is 5.56 Å². The van der Waals surface area contributed by atoms with E-state index in [2.05, 4.69) is 10.3 Å². The Hall–Kier alpha value is -2.18. The summed E-state index contributed by atoms with van der Waals surface area (Å²) in [6.45, 7) is 12.5. The molecule has 0 saturated heterocycles. The van der Waals surface area contributed by atoms with Gasteiger partial charge in [-0.05, 0) is 39.5 Å². The number of Topliss-reactive ketones (excluding diaryl/α,β-unsaturated/α-hetero) is 1. The zero-order valence-corrected chi connectivity index (χ0v) is 15.4. The number of hydrogen-bond donors (Lipinski definition) is 4. The first kappa shape index (κ1) is 19.9. The van der Waals surface area contributed by atoms with E-state index in [9.17, 15) is 19.8 Å². The summed E-state index contributed by atoms with van der Waals surface area (Å²) in [5.41, 5.74) is -0.735. The van der Waals surface area contributed by atoms with Crippen molar-refractivity contribution in [1.82, 2.24) is 10.3 Å². The molecule has 136 valence electrons. The molecule has 0 fully saturated rings. The Balaban J connectivity index is 3.09. The minimum Gasteiger partial charge on any atom is -0.494 e. The van der Waals surface area contributed by atoms with Crippen molar-refractivity contribution in [2.24, 2.45) is 5.41 Å².